The van der Waals surface area contributed by atoms with Crippen LogP contribution in [0.4, 0.5) is 0 Å². The van der Waals surface area contributed by atoms with Gasteiger partial charge in [0.05, 0.1) is 0 Å². The predicted octanol–water partition coefficient (Wildman–Crippen LogP) is 16.7. The Bertz CT molecular complexity index is 872. The Morgan fingerprint density at radius 1 is 0.328 bits per heavy atom. The highest BCUT2D eigenvalue weighted by Crippen LogP contribution is 2.17. The molecule has 0 N–H and O–H groups in total. The van der Waals surface area contributed by atoms with Crippen LogP contribution >= 0.6 is 0 Å². The molecule has 6 nitrogen and oxygen atoms in total. The molecule has 0 aliphatic rings. The average Bonchev–Trinajstić information content (AvgIpc) is 3.21. The summed E-state index contributed by atoms with van der Waals surface area (Å²) in [5.74, 6) is -0.0172. The van der Waals surface area contributed by atoms with Crippen molar-refractivity contribution in [3.63, 3.8) is 0 Å². The molecule has 1 atom stereocenters. The van der Waals surface area contributed by atoms with Gasteiger partial charge in [-0.25, -0.2) is 0 Å². The van der Waals surface area contributed by atoms with E-state index in [4.69, 9.17) is 14.2 Å². The van der Waals surface area contributed by atoms with Crippen LogP contribution in [-0.4, -0.2) is 37.2 Å². The van der Waals surface area contributed by atoms with E-state index < -0.39 is 6.10 Å². The zero-order chi connectivity index (χ0) is 42.4. The first kappa shape index (κ1) is 56.4. The number of esters is 3. The average molecular weight is 821 g/mol. The van der Waals surface area contributed by atoms with Gasteiger partial charge in [0.25, 0.3) is 0 Å². The number of hydrogen-bond acceptors (Lipinski definition) is 6. The van der Waals surface area contributed by atoms with Crippen molar-refractivity contribution in [3.8, 4) is 0 Å². The second-order valence-corrected chi connectivity index (χ2v) is 18.3. The Hall–Kier alpha value is -1.59. The summed E-state index contributed by atoms with van der Waals surface area (Å²) < 4.78 is 16.8. The van der Waals surface area contributed by atoms with E-state index in [1.807, 2.05) is 0 Å². The molecular formula is C52H100O6. The van der Waals surface area contributed by atoms with Crippen LogP contribution in [0, 0.1) is 5.92 Å². The number of rotatable bonds is 47. The van der Waals surface area contributed by atoms with Gasteiger partial charge in [-0.3, -0.25) is 14.4 Å². The molecule has 0 aliphatic carbocycles. The first-order chi connectivity index (χ1) is 28.4. The number of carbonyl (C=O) groups is 3. The van der Waals surface area contributed by atoms with Crippen molar-refractivity contribution in [1.29, 1.82) is 0 Å². The van der Waals surface area contributed by atoms with Crippen LogP contribution in [0.1, 0.15) is 291 Å². The minimum Gasteiger partial charge on any atom is -0.462 e. The maximum Gasteiger partial charge on any atom is 0.306 e. The van der Waals surface area contributed by atoms with Crippen LogP contribution in [0.2, 0.25) is 0 Å². The van der Waals surface area contributed by atoms with Gasteiger partial charge in [-0.2, -0.15) is 0 Å². The molecule has 0 aliphatic heterocycles. The van der Waals surface area contributed by atoms with Gasteiger partial charge < -0.3 is 14.2 Å². The molecule has 6 heteroatoms. The third kappa shape index (κ3) is 45.5. The highest BCUT2D eigenvalue weighted by molar-refractivity contribution is 5.71. The van der Waals surface area contributed by atoms with Crippen molar-refractivity contribution in [2.24, 2.45) is 5.92 Å². The minimum absolute atomic E-state index is 0.0627. The quantitative estimate of drug-likeness (QED) is 0.0346. The van der Waals surface area contributed by atoms with Gasteiger partial charge in [-0.05, 0) is 25.2 Å². The van der Waals surface area contributed by atoms with E-state index in [0.29, 0.717) is 19.3 Å². The minimum atomic E-state index is -0.760. The van der Waals surface area contributed by atoms with Gasteiger partial charge >= 0.3 is 17.9 Å². The number of hydrogen-bond donors (Lipinski definition) is 0. The summed E-state index contributed by atoms with van der Waals surface area (Å²) in [5.41, 5.74) is 0. The maximum absolute atomic E-state index is 12.8. The number of unbranched alkanes of at least 4 members (excludes halogenated alkanes) is 34. The Kier molecular flexibility index (Phi) is 45.2. The van der Waals surface area contributed by atoms with Crippen LogP contribution in [-0.2, 0) is 28.6 Å². The highest BCUT2D eigenvalue weighted by atomic mass is 16.6. The lowest BCUT2D eigenvalue weighted by molar-refractivity contribution is -0.167. The highest BCUT2D eigenvalue weighted by Gasteiger charge is 2.19. The molecule has 0 heterocycles. The zero-order valence-corrected chi connectivity index (χ0v) is 39.5. The topological polar surface area (TPSA) is 78.9 Å². The lowest BCUT2D eigenvalue weighted by Gasteiger charge is -2.18. The van der Waals surface area contributed by atoms with Crippen molar-refractivity contribution >= 4 is 17.9 Å². The van der Waals surface area contributed by atoms with Gasteiger partial charge in [0, 0.05) is 19.3 Å². The molecular weight excluding hydrogens is 721 g/mol. The molecule has 0 aromatic carbocycles. The van der Waals surface area contributed by atoms with Gasteiger partial charge in [-0.1, -0.05) is 252 Å². The Balaban J connectivity index is 4.31. The van der Waals surface area contributed by atoms with E-state index in [0.717, 1.165) is 63.7 Å². The molecule has 0 radical (unpaired) electrons. The lowest BCUT2D eigenvalue weighted by atomic mass is 10.0. The van der Waals surface area contributed by atoms with Crippen LogP contribution in [0.15, 0.2) is 0 Å². The normalized spacial score (nSPS) is 11.9. The second kappa shape index (κ2) is 46.5. The summed E-state index contributed by atoms with van der Waals surface area (Å²) >= 11 is 0. The van der Waals surface area contributed by atoms with E-state index in [9.17, 15) is 14.4 Å². The Labute approximate surface area is 361 Å². The van der Waals surface area contributed by atoms with Crippen LogP contribution < -0.4 is 0 Å². The number of carbonyl (C=O) groups excluding carboxylic acids is 3. The lowest BCUT2D eigenvalue weighted by Crippen LogP contribution is -2.30. The SMILES string of the molecule is CCCCCCCCCCCCCCCCC(=O)O[C@H](COC(=O)CCCCCCCCCCCCCC)COC(=O)CCCCCCCCCCCCCC(C)C. The predicted molar refractivity (Wildman–Crippen MR) is 247 cm³/mol. The van der Waals surface area contributed by atoms with Gasteiger partial charge in [0.2, 0.25) is 0 Å². The van der Waals surface area contributed by atoms with E-state index in [1.54, 1.807) is 0 Å². The summed E-state index contributed by atoms with van der Waals surface area (Å²) in [7, 11) is 0. The first-order valence-corrected chi connectivity index (χ1v) is 25.9. The molecule has 0 saturated heterocycles. The van der Waals surface area contributed by atoms with Gasteiger partial charge in [0.1, 0.15) is 13.2 Å². The Morgan fingerprint density at radius 3 is 0.845 bits per heavy atom. The molecule has 58 heavy (non-hydrogen) atoms. The van der Waals surface area contributed by atoms with Crippen LogP contribution in [0.25, 0.3) is 0 Å². The van der Waals surface area contributed by atoms with Crippen LogP contribution in [0.5, 0.6) is 0 Å². The van der Waals surface area contributed by atoms with Crippen molar-refractivity contribution in [2.45, 2.75) is 297 Å². The van der Waals surface area contributed by atoms with Gasteiger partial charge in [-0.15, -0.1) is 0 Å². The van der Waals surface area contributed by atoms with Crippen LogP contribution in [0.3, 0.4) is 0 Å². The van der Waals surface area contributed by atoms with Crippen molar-refractivity contribution in [3.05, 3.63) is 0 Å². The summed E-state index contributed by atoms with van der Waals surface area (Å²) in [6, 6.07) is 0. The first-order valence-electron chi connectivity index (χ1n) is 25.9. The van der Waals surface area contributed by atoms with Crippen molar-refractivity contribution in [2.75, 3.05) is 13.2 Å². The molecule has 0 aromatic heterocycles. The summed E-state index contributed by atoms with van der Waals surface area (Å²) in [6.45, 7) is 9.02. The molecule has 0 spiro atoms. The molecule has 0 fully saturated rings. The standard InChI is InChI=1S/C52H100O6/c1-5-7-9-11-13-15-17-19-20-24-29-33-37-41-45-52(55)58-49(46-56-50(53)43-39-35-31-27-23-18-16-14-12-10-8-6-2)47-57-51(54)44-40-36-32-28-25-21-22-26-30-34-38-42-48(3)4/h48-49H,5-47H2,1-4H3/t49-/m1/s1. The maximum atomic E-state index is 12.8. The molecule has 344 valence electrons. The van der Waals surface area contributed by atoms with E-state index in [1.165, 1.54) is 186 Å². The molecule has 0 amide bonds. The molecule has 0 rings (SSSR count). The van der Waals surface area contributed by atoms with E-state index >= 15 is 0 Å². The van der Waals surface area contributed by atoms with E-state index in [-0.39, 0.29) is 31.1 Å². The number of ether oxygens (including phenoxy) is 3. The fourth-order valence-corrected chi connectivity index (χ4v) is 7.86. The fourth-order valence-electron chi connectivity index (χ4n) is 7.86. The van der Waals surface area contributed by atoms with Crippen molar-refractivity contribution < 1.29 is 28.6 Å². The molecule has 0 saturated carbocycles. The smallest absolute Gasteiger partial charge is 0.306 e. The summed E-state index contributed by atoms with van der Waals surface area (Å²) in [5, 5.41) is 0. The molecule has 0 aromatic rings. The fraction of sp³-hybridized carbons (Fsp3) is 0.942. The third-order valence-electron chi connectivity index (χ3n) is 11.8. The Morgan fingerprint density at radius 2 is 0.569 bits per heavy atom. The summed E-state index contributed by atoms with van der Waals surface area (Å²) in [4.78, 5) is 37.9. The van der Waals surface area contributed by atoms with E-state index in [2.05, 4.69) is 27.7 Å². The third-order valence-corrected chi connectivity index (χ3v) is 11.8. The molecule has 0 bridgehead atoms. The second-order valence-electron chi connectivity index (χ2n) is 18.3. The molecule has 0 unspecified atom stereocenters. The monoisotopic (exact) mass is 821 g/mol. The zero-order valence-electron chi connectivity index (χ0n) is 39.5. The van der Waals surface area contributed by atoms with Crippen molar-refractivity contribution in [1.82, 2.24) is 0 Å². The van der Waals surface area contributed by atoms with Gasteiger partial charge in [0.15, 0.2) is 6.10 Å². The largest absolute Gasteiger partial charge is 0.462 e. The summed E-state index contributed by atoms with van der Waals surface area (Å²) in [6.07, 6.45) is 47.9.